The standard InChI is InChI=1S/C24H16F2N4.C23H21F3N4O2.C22H19N5O2.C18H17FN4O2S/c1-30-14-20-21(15-2-6-18(25)7-3-15)22(16-10-12-27-13-11-16)23(28-24(20)29-30)17-4-8-19(26)9-5-17;1-13-7-8-15(21(31)28-16-9-10-16)11-19(13)29-22(32)17-12-27-30(14(17)2)20-6-4-3-5-18(20)23(24,25)26;1-13-5-6-16(22(29)26-17-7-8-17)10-19(13)27-21(24)18(12-25-27)20(28)15-4-2-3-14(9-15)11-23;1-11(24)21-15-10-13(8-9-20-15)17-16(12-4-6-14(19)7-5-12)22-18(23(17)2)26(3)25/h2-14H,1H3;3-8,11-12,16H,9-10H2,1-2H3,(H,28,31)(H,29,32);2-6,9-10,12,17H,7-8,24H2,1H3,(H,26,29);4-10H,1-3H3,(H,20,21,24). The average molecular weight is 1600 g/mol. The lowest BCUT2D eigenvalue weighted by atomic mass is 9.90. The van der Waals surface area contributed by atoms with Gasteiger partial charge in [-0.3, -0.25) is 37.8 Å². The first kappa shape index (κ1) is 80.7. The Labute approximate surface area is 668 Å². The molecule has 1 atom stereocenters. The molecule has 16 rings (SSSR count). The molecule has 2 aliphatic carbocycles. The number of nitrogens with zero attached hydrogens (tertiary/aromatic N) is 12. The zero-order chi connectivity index (χ0) is 83.1. The summed E-state index contributed by atoms with van der Waals surface area (Å²) in [5.41, 5.74) is 18.5. The minimum absolute atomic E-state index is 0.134. The van der Waals surface area contributed by atoms with E-state index in [-0.39, 0.29) is 81.4 Å². The zero-order valence-electron chi connectivity index (χ0n) is 63.8. The van der Waals surface area contributed by atoms with Gasteiger partial charge in [0.25, 0.3) is 17.7 Å². The number of para-hydroxylation sites is 1. The molecule has 6 N–H and O–H groups in total. The second-order valence-corrected chi connectivity index (χ2v) is 28.9. The van der Waals surface area contributed by atoms with Crippen LogP contribution in [0.1, 0.15) is 108 Å². The van der Waals surface area contributed by atoms with Gasteiger partial charge in [0.05, 0.1) is 85.7 Å². The van der Waals surface area contributed by atoms with E-state index in [0.29, 0.717) is 72.9 Å². The number of halogens is 6. The molecule has 30 heteroatoms. The molecule has 14 aromatic rings. The predicted molar refractivity (Wildman–Crippen MR) is 432 cm³/mol. The highest BCUT2D eigenvalue weighted by molar-refractivity contribution is 7.84. The van der Waals surface area contributed by atoms with Crippen LogP contribution < -0.4 is 27.0 Å². The number of aromatic nitrogens is 11. The number of amides is 4. The van der Waals surface area contributed by atoms with Crippen LogP contribution in [0, 0.1) is 49.6 Å². The number of nitrogen functional groups attached to an aromatic ring is 1. The fraction of sp³-hybridized carbons (Fsp3) is 0.161. The van der Waals surface area contributed by atoms with Crippen LogP contribution in [-0.4, -0.2) is 106 Å². The maximum Gasteiger partial charge on any atom is 0.418 e. The maximum absolute atomic E-state index is 13.7. The minimum Gasteiger partial charge on any atom is -0.383 e. The molecule has 0 radical (unpaired) electrons. The molecule has 0 spiro atoms. The van der Waals surface area contributed by atoms with E-state index in [0.717, 1.165) is 86.3 Å². The molecule has 0 bridgehead atoms. The van der Waals surface area contributed by atoms with Crippen molar-refractivity contribution < 1.29 is 54.5 Å². The van der Waals surface area contributed by atoms with Crippen LogP contribution in [0.15, 0.2) is 224 Å². The van der Waals surface area contributed by atoms with E-state index in [4.69, 9.17) is 16.0 Å². The van der Waals surface area contributed by atoms with Gasteiger partial charge in [0.1, 0.15) is 29.1 Å². The number of ketones is 1. The van der Waals surface area contributed by atoms with Gasteiger partial charge in [-0.15, -0.1) is 0 Å². The van der Waals surface area contributed by atoms with E-state index in [9.17, 15) is 54.5 Å². The summed E-state index contributed by atoms with van der Waals surface area (Å²) in [6.07, 6.45) is 10.5. The van der Waals surface area contributed by atoms with Crippen LogP contribution in [0.5, 0.6) is 0 Å². The van der Waals surface area contributed by atoms with Crippen molar-refractivity contribution in [3.63, 3.8) is 0 Å². The summed E-state index contributed by atoms with van der Waals surface area (Å²) in [6, 6.07) is 50.1. The van der Waals surface area contributed by atoms with E-state index in [2.05, 4.69) is 51.5 Å². The third-order valence-electron chi connectivity index (χ3n) is 19.0. The van der Waals surface area contributed by atoms with Crippen molar-refractivity contribution in [2.24, 2.45) is 14.1 Å². The molecule has 0 saturated heterocycles. The molecule has 7 heterocycles. The first-order valence-electron chi connectivity index (χ1n) is 36.5. The second kappa shape index (κ2) is 34.6. The summed E-state index contributed by atoms with van der Waals surface area (Å²) >= 11 is 0. The highest BCUT2D eigenvalue weighted by atomic mass is 32.2. The van der Waals surface area contributed by atoms with Gasteiger partial charge in [-0.1, -0.05) is 48.5 Å². The van der Waals surface area contributed by atoms with Gasteiger partial charge < -0.3 is 31.6 Å². The van der Waals surface area contributed by atoms with Crippen LogP contribution in [0.25, 0.3) is 78.4 Å². The van der Waals surface area contributed by atoms with Crippen LogP contribution in [0.2, 0.25) is 0 Å². The lowest BCUT2D eigenvalue weighted by molar-refractivity contribution is -0.137. The predicted octanol–water partition coefficient (Wildman–Crippen LogP) is 16.0. The van der Waals surface area contributed by atoms with Crippen molar-refractivity contribution in [2.45, 2.75) is 76.8 Å². The molecular weight excluding hydrogens is 1530 g/mol. The number of hydrogen-bond acceptors (Lipinski definition) is 15. The van der Waals surface area contributed by atoms with Crippen LogP contribution in [0.4, 0.5) is 43.7 Å². The molecule has 7 aromatic heterocycles. The molecule has 2 saturated carbocycles. The third-order valence-corrected chi connectivity index (χ3v) is 19.9. The second-order valence-electron chi connectivity index (χ2n) is 27.7. The number of aryl methyl sites for hydroxylation is 3. The van der Waals surface area contributed by atoms with Crippen LogP contribution >= 0.6 is 0 Å². The van der Waals surface area contributed by atoms with Gasteiger partial charge in [0, 0.05) is 120 Å². The average Bonchev–Trinajstić information content (AvgIpc) is 1.73. The Hall–Kier alpha value is -14.3. The van der Waals surface area contributed by atoms with Crippen molar-refractivity contribution >= 4 is 68.6 Å². The number of hydrogen-bond donors (Lipinski definition) is 5. The summed E-state index contributed by atoms with van der Waals surface area (Å²) in [5.74, 6) is -1.80. The molecule has 4 amide bonds. The van der Waals surface area contributed by atoms with Crippen molar-refractivity contribution in [3.05, 3.63) is 292 Å². The Morgan fingerprint density at radius 1 is 0.581 bits per heavy atom. The van der Waals surface area contributed by atoms with Gasteiger partial charge in [-0.05, 0) is 202 Å². The summed E-state index contributed by atoms with van der Waals surface area (Å²) in [5, 5.41) is 34.3. The zero-order valence-corrected chi connectivity index (χ0v) is 64.7. The number of pyridine rings is 3. The lowest BCUT2D eigenvalue weighted by Crippen LogP contribution is -2.25. The van der Waals surface area contributed by atoms with Gasteiger partial charge in [0.2, 0.25) is 5.91 Å². The molecule has 2 aliphatic rings. The highest BCUT2D eigenvalue weighted by Gasteiger charge is 2.35. The smallest absolute Gasteiger partial charge is 0.383 e. The fourth-order valence-corrected chi connectivity index (χ4v) is 13.5. The van der Waals surface area contributed by atoms with Gasteiger partial charge in [-0.25, -0.2) is 37.5 Å². The number of nitriles is 1. The number of nitrogens with one attached hydrogen (secondary N) is 4. The van der Waals surface area contributed by atoms with E-state index in [1.807, 2.05) is 44.4 Å². The number of alkyl halides is 3. The number of rotatable bonds is 17. The number of fused-ring (bicyclic) bond motifs is 1. The van der Waals surface area contributed by atoms with E-state index in [1.165, 1.54) is 91.6 Å². The Bertz CT molecular complexity index is 6210. The molecule has 0 aliphatic heterocycles. The first-order valence-corrected chi connectivity index (χ1v) is 38.1. The van der Waals surface area contributed by atoms with Gasteiger partial charge >= 0.3 is 6.18 Å². The number of carbonyl (C=O) groups excluding carboxylic acids is 5. The van der Waals surface area contributed by atoms with Crippen molar-refractivity contribution in [2.75, 3.05) is 22.6 Å². The summed E-state index contributed by atoms with van der Waals surface area (Å²) in [7, 11) is 2.30. The number of anilines is 3. The monoisotopic (exact) mass is 1600 g/mol. The van der Waals surface area contributed by atoms with Crippen LogP contribution in [0.3, 0.4) is 0 Å². The summed E-state index contributed by atoms with van der Waals surface area (Å²) in [4.78, 5) is 79.3. The number of benzene rings is 7. The molecule has 23 nitrogen and oxygen atoms in total. The number of imidazole rings is 1. The molecule has 590 valence electrons. The quantitative estimate of drug-likeness (QED) is 0.0418. The number of nitrogens with two attached hydrogens (primary N) is 1. The minimum atomic E-state index is -4.56. The van der Waals surface area contributed by atoms with Crippen LogP contribution in [-0.2, 0) is 35.9 Å². The largest absolute Gasteiger partial charge is 0.418 e. The Kier molecular flexibility index (Phi) is 23.8. The summed E-state index contributed by atoms with van der Waals surface area (Å²) < 4.78 is 98.8. The van der Waals surface area contributed by atoms with E-state index >= 15 is 0 Å². The summed E-state index contributed by atoms with van der Waals surface area (Å²) in [6.45, 7) is 6.60. The molecule has 2 fully saturated rings. The Morgan fingerprint density at radius 2 is 1.15 bits per heavy atom. The Balaban J connectivity index is 0.000000136. The van der Waals surface area contributed by atoms with E-state index < -0.39 is 28.4 Å². The normalized spacial score (nSPS) is 12.5. The SMILES string of the molecule is CC(=O)Nc1cc(-c2c(-c3ccc(F)cc3)nc(S(C)=O)n2C)ccn1.Cc1ccc(C(=O)NC2CC2)cc1-n1ncc(C(=O)c2cccc(C#N)c2)c1N.Cc1ccc(C(=O)NC2CC2)cc1NC(=O)c1cnn(-c2ccccc2C(F)(F)F)c1C.Cn1cc2c(-c3ccc(F)cc3)c(-c3ccncc3)c(-c3ccc(F)cc3)nc2n1. The highest BCUT2D eigenvalue weighted by Crippen LogP contribution is 2.44. The van der Waals surface area contributed by atoms with Crippen molar-refractivity contribution in [1.82, 2.24) is 64.5 Å². The van der Waals surface area contributed by atoms with E-state index in [1.54, 1.807) is 145 Å². The van der Waals surface area contributed by atoms with Gasteiger partial charge in [0.15, 0.2) is 16.6 Å². The topological polar surface area (TPSA) is 310 Å². The maximum atomic E-state index is 13.7. The van der Waals surface area contributed by atoms with Crippen molar-refractivity contribution in [3.8, 4) is 73.5 Å². The molecular formula is C87H73F6N17O6S. The Morgan fingerprint density at radius 3 is 1.76 bits per heavy atom. The lowest BCUT2D eigenvalue weighted by Gasteiger charge is -2.16. The molecule has 117 heavy (non-hydrogen) atoms. The number of carbonyl (C=O) groups is 5. The first-order chi connectivity index (χ1) is 56.1. The van der Waals surface area contributed by atoms with Crippen molar-refractivity contribution in [1.29, 1.82) is 5.26 Å². The molecule has 7 aromatic carbocycles. The fourth-order valence-electron chi connectivity index (χ4n) is 12.8. The molecule has 1 unspecified atom stereocenters. The van der Waals surface area contributed by atoms with Gasteiger partial charge in [-0.2, -0.15) is 33.7 Å². The third kappa shape index (κ3) is 18.7.